The Balaban J connectivity index is 1.32. The van der Waals surface area contributed by atoms with Gasteiger partial charge in [0.15, 0.2) is 11.0 Å². The van der Waals surface area contributed by atoms with E-state index in [1.807, 2.05) is 12.1 Å². The molecule has 1 amide bonds. The minimum Gasteiger partial charge on any atom is -0.316 e. The van der Waals surface area contributed by atoms with Crippen LogP contribution in [-0.2, 0) is 17.6 Å². The van der Waals surface area contributed by atoms with E-state index in [2.05, 4.69) is 78.3 Å². The predicted molar refractivity (Wildman–Crippen MR) is 155 cm³/mol. The van der Waals surface area contributed by atoms with Gasteiger partial charge >= 0.3 is 0 Å². The molecule has 1 aromatic carbocycles. The first-order chi connectivity index (χ1) is 17.7. The first-order valence-electron chi connectivity index (χ1n) is 12.6. The summed E-state index contributed by atoms with van der Waals surface area (Å²) in [5.41, 5.74) is 3.06. The molecule has 5 rings (SSSR count). The van der Waals surface area contributed by atoms with Gasteiger partial charge < -0.3 is 5.32 Å². The Morgan fingerprint density at radius 1 is 1.30 bits per heavy atom. The zero-order valence-corrected chi connectivity index (χ0v) is 24.2. The molecule has 37 heavy (non-hydrogen) atoms. The molecular formula is C28H31N5OS3. The maximum absolute atomic E-state index is 13.0. The van der Waals surface area contributed by atoms with Crippen molar-refractivity contribution >= 4 is 55.4 Å². The standard InChI is InChI=1S/C28H31N5OS3/c1-16(2)33-25(21-14-35-22-9-7-6-8-18(21)22)31-32-27(33)36-15-24(34)30-26-20(13-29)19-11-10-17(28(3,4)5)12-23(19)37-26/h6-9,14,16-17H,10-12,15H2,1-5H3,(H,30,34). The van der Waals surface area contributed by atoms with Crippen LogP contribution < -0.4 is 5.32 Å². The van der Waals surface area contributed by atoms with Gasteiger partial charge in [0.2, 0.25) is 5.91 Å². The van der Waals surface area contributed by atoms with E-state index in [1.54, 1.807) is 22.7 Å². The number of benzene rings is 1. The van der Waals surface area contributed by atoms with Gasteiger partial charge in [0, 0.05) is 31.9 Å². The van der Waals surface area contributed by atoms with Crippen LogP contribution in [-0.4, -0.2) is 26.4 Å². The second-order valence-corrected chi connectivity index (χ2v) is 13.8. The Kier molecular flexibility index (Phi) is 7.18. The lowest BCUT2D eigenvalue weighted by atomic mass is 9.72. The lowest BCUT2D eigenvalue weighted by molar-refractivity contribution is -0.113. The number of nitrogens with zero attached hydrogens (tertiary/aromatic N) is 4. The Labute approximate surface area is 230 Å². The highest BCUT2D eigenvalue weighted by Crippen LogP contribution is 2.44. The summed E-state index contributed by atoms with van der Waals surface area (Å²) < 4.78 is 3.31. The molecule has 0 fully saturated rings. The minimum atomic E-state index is -0.131. The largest absolute Gasteiger partial charge is 0.316 e. The molecule has 1 N–H and O–H groups in total. The van der Waals surface area contributed by atoms with Gasteiger partial charge in [-0.3, -0.25) is 9.36 Å². The topological polar surface area (TPSA) is 83.6 Å². The number of thiophene rings is 2. The first kappa shape index (κ1) is 26.0. The molecule has 1 aliphatic rings. The molecule has 0 radical (unpaired) electrons. The SMILES string of the molecule is CC(C)n1c(SCC(=O)Nc2sc3c(c2C#N)CCC(C(C)(C)C)C3)nnc1-c1csc2ccccc12. The molecule has 1 unspecified atom stereocenters. The summed E-state index contributed by atoms with van der Waals surface area (Å²) in [5.74, 6) is 1.48. The number of anilines is 1. The summed E-state index contributed by atoms with van der Waals surface area (Å²) in [6, 6.07) is 10.8. The summed E-state index contributed by atoms with van der Waals surface area (Å²) in [6.07, 6.45) is 2.96. The predicted octanol–water partition coefficient (Wildman–Crippen LogP) is 7.56. The van der Waals surface area contributed by atoms with Crippen molar-refractivity contribution < 1.29 is 4.79 Å². The van der Waals surface area contributed by atoms with E-state index in [0.717, 1.165) is 46.8 Å². The Bertz CT molecular complexity index is 1500. The van der Waals surface area contributed by atoms with E-state index in [-0.39, 0.29) is 23.1 Å². The highest BCUT2D eigenvalue weighted by molar-refractivity contribution is 7.99. The van der Waals surface area contributed by atoms with Gasteiger partial charge in [-0.25, -0.2) is 0 Å². The fourth-order valence-electron chi connectivity index (χ4n) is 5.00. The zero-order chi connectivity index (χ0) is 26.3. The van der Waals surface area contributed by atoms with Crippen molar-refractivity contribution in [2.45, 2.75) is 65.1 Å². The summed E-state index contributed by atoms with van der Waals surface area (Å²) in [4.78, 5) is 14.2. The van der Waals surface area contributed by atoms with Crippen LogP contribution in [0.1, 0.15) is 63.1 Å². The molecule has 0 saturated carbocycles. The number of rotatable bonds is 6. The van der Waals surface area contributed by atoms with Crippen LogP contribution >= 0.6 is 34.4 Å². The van der Waals surface area contributed by atoms with Crippen LogP contribution in [0, 0.1) is 22.7 Å². The van der Waals surface area contributed by atoms with Crippen molar-refractivity contribution in [3.05, 3.63) is 45.6 Å². The van der Waals surface area contributed by atoms with Gasteiger partial charge in [-0.15, -0.1) is 32.9 Å². The van der Waals surface area contributed by atoms with Crippen molar-refractivity contribution in [1.82, 2.24) is 14.8 Å². The van der Waals surface area contributed by atoms with Crippen LogP contribution in [0.3, 0.4) is 0 Å². The van der Waals surface area contributed by atoms with Crippen molar-refractivity contribution in [2.75, 3.05) is 11.1 Å². The van der Waals surface area contributed by atoms with Gasteiger partial charge in [-0.1, -0.05) is 50.7 Å². The molecule has 6 nitrogen and oxygen atoms in total. The highest BCUT2D eigenvalue weighted by Gasteiger charge is 2.32. The third-order valence-electron chi connectivity index (χ3n) is 7.09. The second kappa shape index (κ2) is 10.2. The number of aromatic nitrogens is 3. The van der Waals surface area contributed by atoms with Gasteiger partial charge in [0.25, 0.3) is 0 Å². The Hall–Kier alpha value is -2.67. The summed E-state index contributed by atoms with van der Waals surface area (Å²) >= 11 is 4.65. The molecule has 1 atom stereocenters. The van der Waals surface area contributed by atoms with Crippen LogP contribution in [0.4, 0.5) is 5.00 Å². The molecule has 0 aliphatic heterocycles. The highest BCUT2D eigenvalue weighted by atomic mass is 32.2. The molecule has 0 bridgehead atoms. The lowest BCUT2D eigenvalue weighted by Crippen LogP contribution is -2.26. The molecule has 0 spiro atoms. The van der Waals surface area contributed by atoms with E-state index in [4.69, 9.17) is 0 Å². The Morgan fingerprint density at radius 2 is 2.08 bits per heavy atom. The van der Waals surface area contributed by atoms with Gasteiger partial charge in [0.05, 0.1) is 11.3 Å². The van der Waals surface area contributed by atoms with E-state index < -0.39 is 0 Å². The van der Waals surface area contributed by atoms with Crippen molar-refractivity contribution in [3.63, 3.8) is 0 Å². The summed E-state index contributed by atoms with van der Waals surface area (Å²) in [5, 5.41) is 26.5. The maximum atomic E-state index is 13.0. The van der Waals surface area contributed by atoms with E-state index >= 15 is 0 Å². The van der Waals surface area contributed by atoms with Gasteiger partial charge in [-0.2, -0.15) is 5.26 Å². The minimum absolute atomic E-state index is 0.131. The average molecular weight is 550 g/mol. The average Bonchev–Trinajstić information content (AvgIpc) is 3.55. The summed E-state index contributed by atoms with van der Waals surface area (Å²) in [6.45, 7) is 11.0. The zero-order valence-electron chi connectivity index (χ0n) is 21.8. The molecule has 9 heteroatoms. The molecule has 0 saturated heterocycles. The monoisotopic (exact) mass is 549 g/mol. The quantitative estimate of drug-likeness (QED) is 0.251. The number of hydrogen-bond donors (Lipinski definition) is 1. The van der Waals surface area contributed by atoms with Crippen molar-refractivity contribution in [2.24, 2.45) is 11.3 Å². The van der Waals surface area contributed by atoms with Crippen molar-refractivity contribution in [1.29, 1.82) is 5.26 Å². The number of fused-ring (bicyclic) bond motifs is 2. The first-order valence-corrected chi connectivity index (χ1v) is 15.2. The Morgan fingerprint density at radius 3 is 2.81 bits per heavy atom. The van der Waals surface area contributed by atoms with E-state index in [1.165, 1.54) is 21.3 Å². The van der Waals surface area contributed by atoms with Gasteiger partial charge in [-0.05, 0) is 56.1 Å². The third kappa shape index (κ3) is 5.07. The molecular weight excluding hydrogens is 519 g/mol. The molecule has 3 heterocycles. The van der Waals surface area contributed by atoms with Crippen molar-refractivity contribution in [3.8, 4) is 17.5 Å². The van der Waals surface area contributed by atoms with Crippen LogP contribution in [0.5, 0.6) is 0 Å². The number of thioether (sulfide) groups is 1. The lowest BCUT2D eigenvalue weighted by Gasteiger charge is -2.33. The maximum Gasteiger partial charge on any atom is 0.235 e. The number of carbonyl (C=O) groups is 1. The fourth-order valence-corrected chi connectivity index (χ4v) is 8.10. The summed E-state index contributed by atoms with van der Waals surface area (Å²) in [7, 11) is 0. The molecule has 3 aromatic heterocycles. The molecule has 192 valence electrons. The third-order valence-corrected chi connectivity index (χ3v) is 10.2. The number of nitrogens with one attached hydrogen (secondary N) is 1. The van der Waals surface area contributed by atoms with Crippen LogP contribution in [0.2, 0.25) is 0 Å². The number of nitriles is 1. The molecule has 1 aliphatic carbocycles. The van der Waals surface area contributed by atoms with E-state index in [0.29, 0.717) is 16.5 Å². The molecule has 4 aromatic rings. The normalized spacial score (nSPS) is 15.6. The number of amides is 1. The van der Waals surface area contributed by atoms with E-state index in [9.17, 15) is 10.1 Å². The van der Waals surface area contributed by atoms with Crippen LogP contribution in [0.25, 0.3) is 21.5 Å². The number of carbonyl (C=O) groups excluding carboxylic acids is 1. The van der Waals surface area contributed by atoms with Gasteiger partial charge in [0.1, 0.15) is 11.1 Å². The smallest absolute Gasteiger partial charge is 0.235 e. The fraction of sp³-hybridized carbons (Fsp3) is 0.429. The second-order valence-electron chi connectivity index (χ2n) is 10.9. The van der Waals surface area contributed by atoms with Crippen LogP contribution in [0.15, 0.2) is 34.8 Å². The number of hydrogen-bond acceptors (Lipinski definition) is 7.